The first kappa shape index (κ1) is 21.5. The Morgan fingerprint density at radius 2 is 1.93 bits per heavy atom. The van der Waals surface area contributed by atoms with E-state index in [0.29, 0.717) is 22.2 Å². The van der Waals surface area contributed by atoms with Gasteiger partial charge >= 0.3 is 12.0 Å². The zero-order valence-corrected chi connectivity index (χ0v) is 17.9. The summed E-state index contributed by atoms with van der Waals surface area (Å²) in [6.45, 7) is 6.27. The van der Waals surface area contributed by atoms with Gasteiger partial charge in [0.2, 0.25) is 0 Å². The van der Waals surface area contributed by atoms with Crippen molar-refractivity contribution in [1.82, 2.24) is 9.88 Å². The van der Waals surface area contributed by atoms with E-state index in [-0.39, 0.29) is 25.7 Å². The molecule has 8 heteroatoms. The third kappa shape index (κ3) is 4.86. The number of hydrogen-bond donors (Lipinski definition) is 2. The predicted octanol–water partition coefficient (Wildman–Crippen LogP) is 5.29. The monoisotopic (exact) mass is 429 g/mol. The van der Waals surface area contributed by atoms with Crippen LogP contribution in [0.5, 0.6) is 0 Å². The van der Waals surface area contributed by atoms with Crippen molar-refractivity contribution in [1.29, 1.82) is 0 Å². The number of ether oxygens (including phenoxy) is 1. The number of H-pyrrole nitrogens is 1. The summed E-state index contributed by atoms with van der Waals surface area (Å²) in [6, 6.07) is 10.3. The van der Waals surface area contributed by atoms with Gasteiger partial charge in [0.25, 0.3) is 0 Å². The number of carbonyl (C=O) groups excluding carboxylic acids is 2. The Labute approximate surface area is 180 Å². The Morgan fingerprint density at radius 3 is 2.60 bits per heavy atom. The molecule has 0 unspecified atom stereocenters. The van der Waals surface area contributed by atoms with Crippen molar-refractivity contribution in [3.05, 3.63) is 76.0 Å². The molecule has 2 amide bonds. The topological polar surface area (TPSA) is 87.6 Å². The van der Waals surface area contributed by atoms with Crippen molar-refractivity contribution in [2.45, 2.75) is 33.9 Å². The molecular weight excluding hydrogens is 406 g/mol. The molecule has 158 valence electrons. The number of aromatic nitrogens is 1. The third-order valence-electron chi connectivity index (χ3n) is 4.75. The second-order valence-corrected chi connectivity index (χ2v) is 7.20. The minimum absolute atomic E-state index is 0.252. The highest BCUT2D eigenvalue weighted by Crippen LogP contribution is 2.24. The van der Waals surface area contributed by atoms with Crippen molar-refractivity contribution in [2.24, 2.45) is 0 Å². The fourth-order valence-corrected chi connectivity index (χ4v) is 3.35. The SMILES string of the molecule is CCOC(=O)c1[nH]c(C)c(CN(Cc2ccco2)C(=O)Nc2ccccc2Cl)c1C. The van der Waals surface area contributed by atoms with Crippen LogP contribution in [0.1, 0.15) is 40.0 Å². The van der Waals surface area contributed by atoms with Gasteiger partial charge < -0.3 is 24.4 Å². The lowest BCUT2D eigenvalue weighted by Crippen LogP contribution is -2.34. The molecule has 0 saturated heterocycles. The van der Waals surface area contributed by atoms with E-state index >= 15 is 0 Å². The summed E-state index contributed by atoms with van der Waals surface area (Å²) < 4.78 is 10.5. The van der Waals surface area contributed by atoms with E-state index in [0.717, 1.165) is 16.8 Å². The lowest BCUT2D eigenvalue weighted by atomic mass is 10.1. The minimum Gasteiger partial charge on any atom is -0.467 e. The summed E-state index contributed by atoms with van der Waals surface area (Å²) in [6.07, 6.45) is 1.56. The third-order valence-corrected chi connectivity index (χ3v) is 5.08. The summed E-state index contributed by atoms with van der Waals surface area (Å²) in [5.41, 5.74) is 3.31. The number of nitrogens with zero attached hydrogens (tertiary/aromatic N) is 1. The molecule has 2 heterocycles. The summed E-state index contributed by atoms with van der Waals surface area (Å²) in [7, 11) is 0. The lowest BCUT2D eigenvalue weighted by molar-refractivity contribution is 0.0519. The first-order chi connectivity index (χ1) is 14.4. The standard InChI is InChI=1S/C22H24ClN3O4/c1-4-29-21(27)20-14(2)17(15(3)24-20)13-26(12-16-8-7-11-30-16)22(28)25-19-10-6-5-9-18(19)23/h5-11,24H,4,12-13H2,1-3H3,(H,25,28). The van der Waals surface area contributed by atoms with Crippen molar-refractivity contribution >= 4 is 29.3 Å². The van der Waals surface area contributed by atoms with E-state index in [2.05, 4.69) is 10.3 Å². The Morgan fingerprint density at radius 1 is 1.17 bits per heavy atom. The Kier molecular flexibility index (Phi) is 6.84. The number of amides is 2. The van der Waals surface area contributed by atoms with E-state index < -0.39 is 5.97 Å². The van der Waals surface area contributed by atoms with Gasteiger partial charge in [0, 0.05) is 12.2 Å². The van der Waals surface area contributed by atoms with Crippen LogP contribution in [0.15, 0.2) is 47.1 Å². The number of carbonyl (C=O) groups is 2. The summed E-state index contributed by atoms with van der Waals surface area (Å²) in [5, 5.41) is 3.29. The average molecular weight is 430 g/mol. The number of halogens is 1. The van der Waals surface area contributed by atoms with Gasteiger partial charge in [-0.15, -0.1) is 0 Å². The molecule has 0 spiro atoms. The van der Waals surface area contributed by atoms with Gasteiger partial charge in [-0.05, 0) is 56.2 Å². The zero-order chi connectivity index (χ0) is 21.7. The van der Waals surface area contributed by atoms with Crippen LogP contribution in [-0.2, 0) is 17.8 Å². The quantitative estimate of drug-likeness (QED) is 0.499. The molecule has 0 saturated carbocycles. The summed E-state index contributed by atoms with van der Waals surface area (Å²) >= 11 is 6.19. The average Bonchev–Trinajstić information content (AvgIpc) is 3.32. The van der Waals surface area contributed by atoms with Crippen molar-refractivity contribution in [3.8, 4) is 0 Å². The van der Waals surface area contributed by atoms with Crippen molar-refractivity contribution in [2.75, 3.05) is 11.9 Å². The van der Waals surface area contributed by atoms with Crippen LogP contribution >= 0.6 is 11.6 Å². The molecule has 2 N–H and O–H groups in total. The highest BCUT2D eigenvalue weighted by Gasteiger charge is 2.23. The highest BCUT2D eigenvalue weighted by atomic mass is 35.5. The van der Waals surface area contributed by atoms with Crippen LogP contribution < -0.4 is 5.32 Å². The molecule has 0 aliphatic heterocycles. The molecule has 0 aliphatic carbocycles. The molecule has 0 radical (unpaired) electrons. The number of anilines is 1. The number of hydrogen-bond acceptors (Lipinski definition) is 4. The summed E-state index contributed by atoms with van der Waals surface area (Å²) in [4.78, 5) is 30.0. The number of esters is 1. The molecule has 2 aromatic heterocycles. The van der Waals surface area contributed by atoms with Crippen LogP contribution in [0.25, 0.3) is 0 Å². The first-order valence-electron chi connectivity index (χ1n) is 9.58. The van der Waals surface area contributed by atoms with E-state index in [9.17, 15) is 9.59 Å². The van der Waals surface area contributed by atoms with Crippen LogP contribution in [0.2, 0.25) is 5.02 Å². The van der Waals surface area contributed by atoms with Crippen LogP contribution in [0, 0.1) is 13.8 Å². The summed E-state index contributed by atoms with van der Waals surface area (Å²) in [5.74, 6) is 0.225. The van der Waals surface area contributed by atoms with Gasteiger partial charge in [-0.1, -0.05) is 23.7 Å². The van der Waals surface area contributed by atoms with Crippen molar-refractivity contribution in [3.63, 3.8) is 0 Å². The molecule has 0 bridgehead atoms. The van der Waals surface area contributed by atoms with Gasteiger partial charge in [-0.2, -0.15) is 0 Å². The molecule has 0 aliphatic rings. The van der Waals surface area contributed by atoms with Crippen molar-refractivity contribution < 1.29 is 18.7 Å². The number of aryl methyl sites for hydroxylation is 1. The lowest BCUT2D eigenvalue weighted by Gasteiger charge is -2.23. The molecule has 30 heavy (non-hydrogen) atoms. The maximum Gasteiger partial charge on any atom is 0.355 e. The second kappa shape index (κ2) is 9.54. The van der Waals surface area contributed by atoms with Crippen LogP contribution in [0.4, 0.5) is 10.5 Å². The van der Waals surface area contributed by atoms with Gasteiger partial charge in [0.1, 0.15) is 11.5 Å². The van der Waals surface area contributed by atoms with Crippen LogP contribution in [0.3, 0.4) is 0 Å². The Bertz CT molecular complexity index is 1030. The maximum absolute atomic E-state index is 13.1. The van der Waals surface area contributed by atoms with E-state index in [4.69, 9.17) is 20.8 Å². The molecule has 0 atom stereocenters. The largest absolute Gasteiger partial charge is 0.467 e. The number of nitrogens with one attached hydrogen (secondary N) is 2. The fourth-order valence-electron chi connectivity index (χ4n) is 3.17. The second-order valence-electron chi connectivity index (χ2n) is 6.79. The number of rotatable bonds is 7. The molecule has 7 nitrogen and oxygen atoms in total. The molecule has 1 aromatic carbocycles. The van der Waals surface area contributed by atoms with E-state index in [1.54, 1.807) is 54.5 Å². The zero-order valence-electron chi connectivity index (χ0n) is 17.1. The first-order valence-corrected chi connectivity index (χ1v) is 9.96. The fraction of sp³-hybridized carbons (Fsp3) is 0.273. The van der Waals surface area contributed by atoms with Gasteiger partial charge in [0.15, 0.2) is 0 Å². The number of benzene rings is 1. The highest BCUT2D eigenvalue weighted by molar-refractivity contribution is 6.33. The van der Waals surface area contributed by atoms with Gasteiger partial charge in [0.05, 0.1) is 30.1 Å². The maximum atomic E-state index is 13.1. The Hall–Kier alpha value is -3.19. The van der Waals surface area contributed by atoms with E-state index in [1.165, 1.54) is 0 Å². The molecule has 3 aromatic rings. The molecule has 0 fully saturated rings. The number of aromatic amines is 1. The van der Waals surface area contributed by atoms with E-state index in [1.807, 2.05) is 13.8 Å². The van der Waals surface area contributed by atoms with Crippen LogP contribution in [-0.4, -0.2) is 28.5 Å². The number of urea groups is 1. The minimum atomic E-state index is -0.414. The molecular formula is C22H24ClN3O4. The Balaban J connectivity index is 1.87. The number of furan rings is 1. The smallest absolute Gasteiger partial charge is 0.355 e. The van der Waals surface area contributed by atoms with Gasteiger partial charge in [-0.25, -0.2) is 9.59 Å². The predicted molar refractivity (Wildman–Crippen MR) is 115 cm³/mol. The normalized spacial score (nSPS) is 10.7. The number of para-hydroxylation sites is 1. The molecule has 3 rings (SSSR count). The van der Waals surface area contributed by atoms with Gasteiger partial charge in [-0.3, -0.25) is 0 Å².